The molecule has 0 aromatic carbocycles. The van der Waals surface area contributed by atoms with Crippen LogP contribution in [0.4, 0.5) is 0 Å². The van der Waals surface area contributed by atoms with Crippen LogP contribution in [0.1, 0.15) is 24.7 Å². The van der Waals surface area contributed by atoms with Gasteiger partial charge in [0, 0.05) is 17.5 Å². The van der Waals surface area contributed by atoms with Gasteiger partial charge in [-0.05, 0) is 46.2 Å². The van der Waals surface area contributed by atoms with Crippen LogP contribution in [-0.4, -0.2) is 46.3 Å². The minimum absolute atomic E-state index is 0.756. The molecule has 0 unspecified atom stereocenters. The van der Waals surface area contributed by atoms with Crippen molar-refractivity contribution in [1.29, 1.82) is 0 Å². The van der Waals surface area contributed by atoms with E-state index in [9.17, 15) is 0 Å². The van der Waals surface area contributed by atoms with Gasteiger partial charge >= 0.3 is 0 Å². The summed E-state index contributed by atoms with van der Waals surface area (Å²) in [5, 5.41) is 5.24. The Kier molecular flexibility index (Phi) is 6.06. The van der Waals surface area contributed by atoms with Crippen molar-refractivity contribution in [2.24, 2.45) is 0 Å². The van der Waals surface area contributed by atoms with Gasteiger partial charge in [-0.3, -0.25) is 4.68 Å². The SMILES string of the molecule is CS[C@H](C)CCN(C)CCn1nc(C)cc1C. The summed E-state index contributed by atoms with van der Waals surface area (Å²) < 4.78 is 2.10. The molecule has 0 saturated heterocycles. The first-order valence-electron chi connectivity index (χ1n) is 6.25. The number of aryl methyl sites for hydroxylation is 2. The number of rotatable bonds is 7. The van der Waals surface area contributed by atoms with Crippen LogP contribution in [0.25, 0.3) is 0 Å². The zero-order chi connectivity index (χ0) is 12.8. The van der Waals surface area contributed by atoms with Gasteiger partial charge in [0.1, 0.15) is 0 Å². The lowest BCUT2D eigenvalue weighted by molar-refractivity contribution is 0.307. The highest BCUT2D eigenvalue weighted by molar-refractivity contribution is 7.99. The van der Waals surface area contributed by atoms with Gasteiger partial charge in [-0.1, -0.05) is 6.92 Å². The van der Waals surface area contributed by atoms with Crippen LogP contribution in [0.2, 0.25) is 0 Å². The van der Waals surface area contributed by atoms with E-state index in [1.807, 2.05) is 18.7 Å². The lowest BCUT2D eigenvalue weighted by Gasteiger charge is -2.18. The number of hydrogen-bond donors (Lipinski definition) is 0. The van der Waals surface area contributed by atoms with Crippen molar-refractivity contribution in [3.63, 3.8) is 0 Å². The average Bonchev–Trinajstić information content (AvgIpc) is 2.62. The Labute approximate surface area is 110 Å². The van der Waals surface area contributed by atoms with Crippen molar-refractivity contribution < 1.29 is 0 Å². The fourth-order valence-corrected chi connectivity index (χ4v) is 2.14. The van der Waals surface area contributed by atoms with E-state index in [1.54, 1.807) is 0 Å². The smallest absolute Gasteiger partial charge is 0.0596 e. The molecule has 0 aliphatic carbocycles. The molecule has 1 atom stereocenters. The Morgan fingerprint density at radius 1 is 1.41 bits per heavy atom. The van der Waals surface area contributed by atoms with Gasteiger partial charge in [-0.2, -0.15) is 16.9 Å². The Morgan fingerprint density at radius 2 is 2.12 bits per heavy atom. The molecule has 1 rings (SSSR count). The standard InChI is InChI=1S/C13H25N3S/c1-11-10-12(2)16(14-11)9-8-15(4)7-6-13(3)17-5/h10,13H,6-9H2,1-5H3/t13-/m1/s1. The molecule has 0 aliphatic heterocycles. The van der Waals surface area contributed by atoms with Crippen molar-refractivity contribution in [3.8, 4) is 0 Å². The molecule has 0 bridgehead atoms. The second-order valence-corrected chi connectivity index (χ2v) is 6.06. The molecule has 0 amide bonds. The van der Waals surface area contributed by atoms with Crippen LogP contribution in [0, 0.1) is 13.8 Å². The molecule has 0 spiro atoms. The van der Waals surface area contributed by atoms with Crippen LogP contribution in [0.15, 0.2) is 6.07 Å². The van der Waals surface area contributed by atoms with Crippen LogP contribution < -0.4 is 0 Å². The highest BCUT2D eigenvalue weighted by Crippen LogP contribution is 2.09. The average molecular weight is 255 g/mol. The van der Waals surface area contributed by atoms with E-state index in [0.29, 0.717) is 0 Å². The zero-order valence-electron chi connectivity index (χ0n) is 11.7. The molecule has 0 N–H and O–H groups in total. The Bertz CT molecular complexity index is 335. The molecule has 4 heteroatoms. The maximum atomic E-state index is 4.48. The molecule has 0 fully saturated rings. The minimum Gasteiger partial charge on any atom is -0.304 e. The molecular formula is C13H25N3S. The third-order valence-electron chi connectivity index (χ3n) is 3.12. The summed E-state index contributed by atoms with van der Waals surface area (Å²) in [5.41, 5.74) is 2.37. The summed E-state index contributed by atoms with van der Waals surface area (Å²) in [6.07, 6.45) is 3.44. The van der Waals surface area contributed by atoms with Gasteiger partial charge in [0.05, 0.1) is 12.2 Å². The van der Waals surface area contributed by atoms with Gasteiger partial charge in [0.15, 0.2) is 0 Å². The van der Waals surface area contributed by atoms with Crippen LogP contribution in [0.3, 0.4) is 0 Å². The second-order valence-electron chi connectivity index (χ2n) is 4.79. The summed E-state index contributed by atoms with van der Waals surface area (Å²) in [6, 6.07) is 2.13. The van der Waals surface area contributed by atoms with Crippen molar-refractivity contribution in [3.05, 3.63) is 17.5 Å². The van der Waals surface area contributed by atoms with Crippen LogP contribution in [0.5, 0.6) is 0 Å². The highest BCUT2D eigenvalue weighted by atomic mass is 32.2. The third-order valence-corrected chi connectivity index (χ3v) is 4.16. The first kappa shape index (κ1) is 14.6. The zero-order valence-corrected chi connectivity index (χ0v) is 12.5. The monoisotopic (exact) mass is 255 g/mol. The molecule has 0 radical (unpaired) electrons. The van der Waals surface area contributed by atoms with Crippen molar-refractivity contribution in [2.75, 3.05) is 26.4 Å². The maximum absolute atomic E-state index is 4.48. The maximum Gasteiger partial charge on any atom is 0.0596 e. The number of aromatic nitrogens is 2. The van der Waals surface area contributed by atoms with Gasteiger partial charge in [-0.15, -0.1) is 0 Å². The Hall–Kier alpha value is -0.480. The predicted octanol–water partition coefficient (Wildman–Crippen LogP) is 2.57. The second kappa shape index (κ2) is 7.07. The first-order chi connectivity index (χ1) is 8.02. The normalized spacial score (nSPS) is 13.3. The summed E-state index contributed by atoms with van der Waals surface area (Å²) in [6.45, 7) is 9.69. The highest BCUT2D eigenvalue weighted by Gasteiger charge is 2.05. The number of hydrogen-bond acceptors (Lipinski definition) is 3. The Balaban J connectivity index is 2.28. The molecule has 3 nitrogen and oxygen atoms in total. The molecule has 17 heavy (non-hydrogen) atoms. The first-order valence-corrected chi connectivity index (χ1v) is 7.54. The fraction of sp³-hybridized carbons (Fsp3) is 0.769. The van der Waals surface area contributed by atoms with Gasteiger partial charge in [0.25, 0.3) is 0 Å². The fourth-order valence-electron chi connectivity index (χ4n) is 1.80. The topological polar surface area (TPSA) is 21.1 Å². The van der Waals surface area contributed by atoms with E-state index in [4.69, 9.17) is 0 Å². The van der Waals surface area contributed by atoms with E-state index in [2.05, 4.69) is 47.9 Å². The van der Waals surface area contributed by atoms with Crippen LogP contribution >= 0.6 is 11.8 Å². The minimum atomic E-state index is 0.756. The molecule has 1 heterocycles. The predicted molar refractivity (Wildman–Crippen MR) is 76.8 cm³/mol. The lowest BCUT2D eigenvalue weighted by Crippen LogP contribution is -2.26. The number of nitrogens with zero attached hydrogens (tertiary/aromatic N) is 3. The van der Waals surface area contributed by atoms with E-state index in [-0.39, 0.29) is 0 Å². The van der Waals surface area contributed by atoms with E-state index in [1.165, 1.54) is 18.7 Å². The molecule has 0 aliphatic rings. The molecule has 1 aromatic heterocycles. The Morgan fingerprint density at radius 3 is 2.65 bits per heavy atom. The van der Waals surface area contributed by atoms with E-state index >= 15 is 0 Å². The van der Waals surface area contributed by atoms with E-state index < -0.39 is 0 Å². The quantitative estimate of drug-likeness (QED) is 0.747. The summed E-state index contributed by atoms with van der Waals surface area (Å²) in [4.78, 5) is 2.39. The number of thioether (sulfide) groups is 1. The molecule has 98 valence electrons. The van der Waals surface area contributed by atoms with Gasteiger partial charge in [-0.25, -0.2) is 0 Å². The molecule has 1 aromatic rings. The van der Waals surface area contributed by atoms with Crippen molar-refractivity contribution in [1.82, 2.24) is 14.7 Å². The lowest BCUT2D eigenvalue weighted by atomic mass is 10.3. The summed E-state index contributed by atoms with van der Waals surface area (Å²) in [7, 11) is 2.19. The largest absolute Gasteiger partial charge is 0.304 e. The van der Waals surface area contributed by atoms with Crippen molar-refractivity contribution >= 4 is 11.8 Å². The molecule has 0 saturated carbocycles. The van der Waals surface area contributed by atoms with Crippen molar-refractivity contribution in [2.45, 2.75) is 39.0 Å². The third kappa shape index (κ3) is 5.13. The van der Waals surface area contributed by atoms with E-state index in [0.717, 1.165) is 24.0 Å². The number of likely N-dealkylation sites (N-methyl/N-ethyl adjacent to an activating group) is 1. The summed E-state index contributed by atoms with van der Waals surface area (Å²) >= 11 is 1.94. The summed E-state index contributed by atoms with van der Waals surface area (Å²) in [5.74, 6) is 0. The van der Waals surface area contributed by atoms with Gasteiger partial charge < -0.3 is 4.90 Å². The molecular weight excluding hydrogens is 230 g/mol. The van der Waals surface area contributed by atoms with Gasteiger partial charge in [0.2, 0.25) is 0 Å². The van der Waals surface area contributed by atoms with Crippen LogP contribution in [-0.2, 0) is 6.54 Å².